The maximum Gasteiger partial charge on any atom is 0.417 e. The molecule has 1 aliphatic heterocycles. The molecular weight excluding hydrogens is 329 g/mol. The first-order chi connectivity index (χ1) is 12.0. The monoisotopic (exact) mass is 342 g/mol. The highest BCUT2D eigenvalue weighted by Crippen LogP contribution is 2.36. The van der Waals surface area contributed by atoms with Crippen LogP contribution in [0.5, 0.6) is 0 Å². The predicted molar refractivity (Wildman–Crippen MR) is 87.5 cm³/mol. The summed E-state index contributed by atoms with van der Waals surface area (Å²) in [7, 11) is 0. The molecule has 0 saturated carbocycles. The second-order valence-corrected chi connectivity index (χ2v) is 5.68. The van der Waals surface area contributed by atoms with Crippen molar-refractivity contribution in [2.45, 2.75) is 12.7 Å². The van der Waals surface area contributed by atoms with Gasteiger partial charge in [0.2, 0.25) is 0 Å². The molecule has 1 aliphatic rings. The molecule has 3 aromatic rings. The normalized spacial score (nSPS) is 13.8. The van der Waals surface area contributed by atoms with E-state index < -0.39 is 11.7 Å². The summed E-state index contributed by atoms with van der Waals surface area (Å²) in [4.78, 5) is 3.91. The summed E-state index contributed by atoms with van der Waals surface area (Å²) < 4.78 is 41.4. The smallest absolute Gasteiger partial charge is 0.380 e. The second kappa shape index (κ2) is 5.77. The predicted octanol–water partition coefficient (Wildman–Crippen LogP) is 3.89. The largest absolute Gasteiger partial charge is 0.417 e. The number of aromatic nitrogens is 3. The van der Waals surface area contributed by atoms with Gasteiger partial charge in [0, 0.05) is 17.8 Å². The molecule has 0 saturated heterocycles. The molecule has 0 aliphatic carbocycles. The molecule has 0 fully saturated rings. The van der Waals surface area contributed by atoms with Crippen molar-refractivity contribution in [3.8, 4) is 5.69 Å². The van der Waals surface area contributed by atoms with Crippen molar-refractivity contribution in [3.63, 3.8) is 0 Å². The van der Waals surface area contributed by atoms with Gasteiger partial charge in [-0.2, -0.15) is 18.3 Å². The third kappa shape index (κ3) is 2.88. The van der Waals surface area contributed by atoms with E-state index in [9.17, 15) is 13.2 Å². The minimum atomic E-state index is -4.39. The van der Waals surface area contributed by atoms with Crippen LogP contribution in [0.2, 0.25) is 0 Å². The number of halogens is 3. The van der Waals surface area contributed by atoms with Gasteiger partial charge in [-0.05, 0) is 35.4 Å². The van der Waals surface area contributed by atoms with Crippen molar-refractivity contribution in [3.05, 3.63) is 77.4 Å². The number of hydrogen-bond acceptors (Lipinski definition) is 3. The molecule has 0 atom stereocenters. The zero-order valence-electron chi connectivity index (χ0n) is 13.0. The van der Waals surface area contributed by atoms with Crippen molar-refractivity contribution in [2.75, 3.05) is 0 Å². The van der Waals surface area contributed by atoms with E-state index >= 15 is 0 Å². The van der Waals surface area contributed by atoms with Crippen molar-refractivity contribution < 1.29 is 13.2 Å². The van der Waals surface area contributed by atoms with E-state index in [-0.39, 0.29) is 5.56 Å². The molecule has 0 unspecified atom stereocenters. The number of alkyl halides is 3. The Morgan fingerprint density at radius 1 is 1.08 bits per heavy atom. The zero-order chi connectivity index (χ0) is 17.4. The second-order valence-electron chi connectivity index (χ2n) is 5.68. The summed E-state index contributed by atoms with van der Waals surface area (Å²) in [5.41, 5.74) is 2.70. The van der Waals surface area contributed by atoms with Crippen LogP contribution >= 0.6 is 0 Å². The average molecular weight is 342 g/mol. The van der Waals surface area contributed by atoms with Crippen LogP contribution in [0.25, 0.3) is 17.5 Å². The molecule has 1 aromatic heterocycles. The summed E-state index contributed by atoms with van der Waals surface area (Å²) in [6, 6.07) is 11.3. The molecule has 25 heavy (non-hydrogen) atoms. The maximum absolute atomic E-state index is 13.2. The zero-order valence-corrected chi connectivity index (χ0v) is 13.0. The number of fused-ring (bicyclic) bond motifs is 1. The number of benzene rings is 2. The topological polar surface area (TPSA) is 42.7 Å². The van der Waals surface area contributed by atoms with Crippen molar-refractivity contribution in [1.29, 1.82) is 0 Å². The summed E-state index contributed by atoms with van der Waals surface area (Å²) >= 11 is 0. The third-order valence-corrected chi connectivity index (χ3v) is 4.10. The van der Waals surface area contributed by atoms with Gasteiger partial charge in [-0.1, -0.05) is 24.3 Å². The van der Waals surface area contributed by atoms with Crippen molar-refractivity contribution >= 4 is 11.8 Å². The Kier molecular flexibility index (Phi) is 3.56. The van der Waals surface area contributed by atoms with E-state index in [1.807, 2.05) is 18.2 Å². The van der Waals surface area contributed by atoms with Gasteiger partial charge in [0.05, 0.1) is 11.3 Å². The molecule has 7 heteroatoms. The van der Waals surface area contributed by atoms with Gasteiger partial charge in [0.15, 0.2) is 0 Å². The fourth-order valence-corrected chi connectivity index (χ4v) is 2.91. The van der Waals surface area contributed by atoms with Gasteiger partial charge in [0.1, 0.15) is 12.7 Å². The number of nitrogens with one attached hydrogen (secondary N) is 1. The number of nitrogens with zero attached hydrogens (tertiary/aromatic N) is 3. The quantitative estimate of drug-likeness (QED) is 0.768. The van der Waals surface area contributed by atoms with Gasteiger partial charge < -0.3 is 5.32 Å². The molecule has 0 amide bonds. The highest BCUT2D eigenvalue weighted by atomic mass is 19.4. The molecule has 1 N–H and O–H groups in total. The lowest BCUT2D eigenvalue weighted by molar-refractivity contribution is -0.137. The van der Waals surface area contributed by atoms with Crippen LogP contribution in [-0.2, 0) is 12.7 Å². The van der Waals surface area contributed by atoms with Crippen LogP contribution in [0.3, 0.4) is 0 Å². The molecule has 4 nitrogen and oxygen atoms in total. The number of hydrogen-bond donors (Lipinski definition) is 1. The van der Waals surface area contributed by atoms with E-state index in [1.54, 1.807) is 23.2 Å². The van der Waals surface area contributed by atoms with Crippen LogP contribution in [-0.4, -0.2) is 14.8 Å². The molecule has 2 aromatic carbocycles. The van der Waals surface area contributed by atoms with Crippen LogP contribution < -0.4 is 5.32 Å². The standard InChI is InChI=1S/C18H13F3N4/c19-18(20,21)16-4-2-1-3-15(16)17-8-12-5-6-14(7-13(12)9-23-17)25-11-22-10-24-25/h1-8,10-11,23H,9H2. The van der Waals surface area contributed by atoms with Gasteiger partial charge in [-0.3, -0.25) is 0 Å². The molecule has 0 radical (unpaired) electrons. The Balaban J connectivity index is 1.74. The van der Waals surface area contributed by atoms with Crippen molar-refractivity contribution in [1.82, 2.24) is 20.1 Å². The van der Waals surface area contributed by atoms with Crippen molar-refractivity contribution in [2.24, 2.45) is 0 Å². The fourth-order valence-electron chi connectivity index (χ4n) is 2.91. The summed E-state index contributed by atoms with van der Waals surface area (Å²) in [5, 5.41) is 7.17. The molecule has 0 spiro atoms. The summed E-state index contributed by atoms with van der Waals surface area (Å²) in [6.45, 7) is 0.440. The molecular formula is C18H13F3N4. The first-order valence-electron chi connectivity index (χ1n) is 7.62. The average Bonchev–Trinajstić information content (AvgIpc) is 3.15. The molecule has 126 valence electrons. The Bertz CT molecular complexity index is 943. The van der Waals surface area contributed by atoms with Crippen LogP contribution in [0.15, 0.2) is 55.1 Å². The third-order valence-electron chi connectivity index (χ3n) is 4.10. The molecule has 2 heterocycles. The minimum Gasteiger partial charge on any atom is -0.380 e. The van der Waals surface area contributed by atoms with Gasteiger partial charge in [0.25, 0.3) is 0 Å². The van der Waals surface area contributed by atoms with E-state index in [0.29, 0.717) is 12.2 Å². The maximum atomic E-state index is 13.2. The summed E-state index contributed by atoms with van der Waals surface area (Å²) in [5.74, 6) is 0. The highest BCUT2D eigenvalue weighted by Gasteiger charge is 2.34. The van der Waals surface area contributed by atoms with Gasteiger partial charge >= 0.3 is 6.18 Å². The van der Waals surface area contributed by atoms with Crippen LogP contribution in [0.4, 0.5) is 13.2 Å². The van der Waals surface area contributed by atoms with E-state index in [0.717, 1.165) is 22.9 Å². The van der Waals surface area contributed by atoms with Gasteiger partial charge in [-0.15, -0.1) is 0 Å². The number of rotatable bonds is 2. The first kappa shape index (κ1) is 15.4. The van der Waals surface area contributed by atoms with E-state index in [1.165, 1.54) is 18.5 Å². The first-order valence-corrected chi connectivity index (χ1v) is 7.62. The van der Waals surface area contributed by atoms with Gasteiger partial charge in [-0.25, -0.2) is 9.67 Å². The molecule has 4 rings (SSSR count). The highest BCUT2D eigenvalue weighted by molar-refractivity contribution is 5.84. The Morgan fingerprint density at radius 3 is 2.68 bits per heavy atom. The Morgan fingerprint density at radius 2 is 1.92 bits per heavy atom. The summed E-state index contributed by atoms with van der Waals surface area (Å²) in [6.07, 6.45) is 0.396. The van der Waals surface area contributed by atoms with Crippen LogP contribution in [0, 0.1) is 0 Å². The lowest BCUT2D eigenvalue weighted by atomic mass is 9.96. The SMILES string of the molecule is FC(F)(F)c1ccccc1C1=Cc2ccc(-n3cncn3)cc2CN1. The van der Waals surface area contributed by atoms with E-state index in [4.69, 9.17) is 0 Å². The fraction of sp³-hybridized carbons (Fsp3) is 0.111. The van der Waals surface area contributed by atoms with Crippen LogP contribution in [0.1, 0.15) is 22.3 Å². The lowest BCUT2D eigenvalue weighted by Gasteiger charge is -2.22. The Labute approximate surface area is 141 Å². The Hall–Kier alpha value is -3.09. The lowest BCUT2D eigenvalue weighted by Crippen LogP contribution is -2.20. The van der Waals surface area contributed by atoms with E-state index in [2.05, 4.69) is 15.4 Å². The molecule has 0 bridgehead atoms. The minimum absolute atomic E-state index is 0.154.